The first-order valence-corrected chi connectivity index (χ1v) is 19.0. The molecule has 3 heterocycles. The predicted octanol–water partition coefficient (Wildman–Crippen LogP) is 12.2. The normalized spacial score (nSPS) is 11.0. The average Bonchev–Trinajstić information content (AvgIpc) is 3.64. The summed E-state index contributed by atoms with van der Waals surface area (Å²) >= 11 is 0. The third kappa shape index (κ3) is 6.53. The number of hydrogen-bond acceptors (Lipinski definition) is 6. The number of fused-ring (bicyclic) bond motifs is 3. The van der Waals surface area contributed by atoms with E-state index in [1.54, 1.807) is 0 Å². The topological polar surface area (TPSA) is 97.5 Å². The van der Waals surface area contributed by atoms with Crippen LogP contribution < -0.4 is 0 Å². The Kier molecular flexibility index (Phi) is 8.76. The summed E-state index contributed by atoms with van der Waals surface area (Å²) in [5.41, 5.74) is 10.00. The number of aromatic nitrogens is 6. The third-order valence-electron chi connectivity index (χ3n) is 10.3. The fourth-order valence-electron chi connectivity index (χ4n) is 7.48. The van der Waals surface area contributed by atoms with Crippen molar-refractivity contribution in [2.75, 3.05) is 0 Å². The maximum Gasteiger partial charge on any atom is 0.189 e. The smallest absolute Gasteiger partial charge is 0.189 e. The number of nitrogens with zero attached hydrogens (tertiary/aromatic N) is 8. The zero-order valence-corrected chi connectivity index (χ0v) is 31.4. The van der Waals surface area contributed by atoms with E-state index in [2.05, 4.69) is 21.5 Å². The van der Waals surface area contributed by atoms with Gasteiger partial charge in [-0.2, -0.15) is 5.26 Å². The van der Waals surface area contributed by atoms with Crippen molar-refractivity contribution in [3.05, 3.63) is 199 Å². The SMILES string of the molecule is [C-]#[N+]c1ccc2c3ccc(C#N)cc3n(-c3ccc(-c4nc(-c5ccccc5)nc(-c5ccccc5)n4)cc3-c3cc(-c4ccccc4)nc(-c4ccccc4)n3)c2c1. The first-order valence-electron chi connectivity index (χ1n) is 19.0. The van der Waals surface area contributed by atoms with E-state index >= 15 is 0 Å². The summed E-state index contributed by atoms with van der Waals surface area (Å²) in [6.07, 6.45) is 0. The molecular formula is C51H30N8. The Balaban J connectivity index is 1.30. The fraction of sp³-hybridized carbons (Fsp3) is 0. The Labute approximate surface area is 339 Å². The van der Waals surface area contributed by atoms with Crippen molar-refractivity contribution in [2.45, 2.75) is 0 Å². The largest absolute Gasteiger partial charge is 0.310 e. The molecule has 0 bridgehead atoms. The molecule has 10 rings (SSSR count). The maximum atomic E-state index is 10.1. The number of hydrogen-bond donors (Lipinski definition) is 0. The van der Waals surface area contributed by atoms with Crippen LogP contribution in [0.1, 0.15) is 5.56 Å². The molecule has 274 valence electrons. The lowest BCUT2D eigenvalue weighted by molar-refractivity contribution is 1.07. The van der Waals surface area contributed by atoms with Crippen LogP contribution in [0, 0.1) is 17.9 Å². The van der Waals surface area contributed by atoms with Gasteiger partial charge in [-0.05, 0) is 42.5 Å². The van der Waals surface area contributed by atoms with Crippen LogP contribution >= 0.6 is 0 Å². The van der Waals surface area contributed by atoms with Crippen LogP contribution in [0.2, 0.25) is 0 Å². The minimum Gasteiger partial charge on any atom is -0.310 e. The van der Waals surface area contributed by atoms with E-state index in [9.17, 15) is 5.26 Å². The Morgan fingerprint density at radius 2 is 0.932 bits per heavy atom. The molecule has 0 aliphatic rings. The highest BCUT2D eigenvalue weighted by atomic mass is 15.0. The van der Waals surface area contributed by atoms with Gasteiger partial charge in [0.05, 0.1) is 40.8 Å². The van der Waals surface area contributed by atoms with E-state index in [1.165, 1.54) is 0 Å². The highest BCUT2D eigenvalue weighted by Gasteiger charge is 2.21. The van der Waals surface area contributed by atoms with Gasteiger partial charge in [0.2, 0.25) is 0 Å². The van der Waals surface area contributed by atoms with Crippen LogP contribution in [-0.2, 0) is 0 Å². The zero-order chi connectivity index (χ0) is 39.7. The lowest BCUT2D eigenvalue weighted by Crippen LogP contribution is -2.03. The quantitative estimate of drug-likeness (QED) is 0.150. The van der Waals surface area contributed by atoms with Gasteiger partial charge in [0.15, 0.2) is 29.0 Å². The molecule has 0 spiro atoms. The first kappa shape index (κ1) is 34.9. The van der Waals surface area contributed by atoms with E-state index in [0.29, 0.717) is 40.2 Å². The highest BCUT2D eigenvalue weighted by molar-refractivity contribution is 6.11. The molecule has 0 amide bonds. The van der Waals surface area contributed by atoms with E-state index in [1.807, 2.05) is 176 Å². The van der Waals surface area contributed by atoms with E-state index in [4.69, 9.17) is 31.5 Å². The summed E-state index contributed by atoms with van der Waals surface area (Å²) in [5.74, 6) is 2.17. The molecular weight excluding hydrogens is 725 g/mol. The average molecular weight is 755 g/mol. The molecule has 8 nitrogen and oxygen atoms in total. The molecule has 0 radical (unpaired) electrons. The summed E-state index contributed by atoms with van der Waals surface area (Å²) in [6.45, 7) is 7.90. The Morgan fingerprint density at radius 3 is 1.49 bits per heavy atom. The third-order valence-corrected chi connectivity index (χ3v) is 10.3. The van der Waals surface area contributed by atoms with Gasteiger partial charge < -0.3 is 4.57 Å². The molecule has 0 saturated heterocycles. The summed E-state index contributed by atoms with van der Waals surface area (Å²) in [5, 5.41) is 12.0. The van der Waals surface area contributed by atoms with Crippen molar-refractivity contribution in [3.8, 4) is 79.8 Å². The van der Waals surface area contributed by atoms with Crippen LogP contribution in [0.3, 0.4) is 0 Å². The minimum absolute atomic E-state index is 0.496. The molecule has 0 aliphatic heterocycles. The molecule has 0 unspecified atom stereocenters. The Hall–Kier alpha value is -8.59. The molecule has 3 aromatic heterocycles. The molecule has 0 fully saturated rings. The van der Waals surface area contributed by atoms with E-state index in [0.717, 1.165) is 66.6 Å². The molecule has 0 atom stereocenters. The van der Waals surface area contributed by atoms with E-state index in [-0.39, 0.29) is 0 Å². The first-order chi connectivity index (χ1) is 29.1. The molecule has 0 N–H and O–H groups in total. The molecule has 7 aromatic carbocycles. The highest BCUT2D eigenvalue weighted by Crippen LogP contribution is 2.40. The Bertz CT molecular complexity index is 3090. The molecule has 0 aliphatic carbocycles. The fourth-order valence-corrected chi connectivity index (χ4v) is 7.48. The summed E-state index contributed by atoms with van der Waals surface area (Å²) in [6, 6.07) is 61.7. The van der Waals surface area contributed by atoms with Crippen LogP contribution in [0.15, 0.2) is 182 Å². The number of benzene rings is 7. The Morgan fingerprint density at radius 1 is 0.441 bits per heavy atom. The van der Waals surface area contributed by atoms with Gasteiger partial charge in [-0.25, -0.2) is 29.8 Å². The van der Waals surface area contributed by atoms with Crippen molar-refractivity contribution in [2.24, 2.45) is 0 Å². The lowest BCUT2D eigenvalue weighted by atomic mass is 10.0. The van der Waals surface area contributed by atoms with Crippen molar-refractivity contribution in [1.82, 2.24) is 29.5 Å². The van der Waals surface area contributed by atoms with Crippen molar-refractivity contribution in [1.29, 1.82) is 5.26 Å². The van der Waals surface area contributed by atoms with Crippen LogP contribution in [0.25, 0.3) is 100 Å². The summed E-state index contributed by atoms with van der Waals surface area (Å²) in [7, 11) is 0. The molecule has 59 heavy (non-hydrogen) atoms. The van der Waals surface area contributed by atoms with Gasteiger partial charge in [0.25, 0.3) is 0 Å². The van der Waals surface area contributed by atoms with Gasteiger partial charge in [0, 0.05) is 49.7 Å². The van der Waals surface area contributed by atoms with Crippen LogP contribution in [0.5, 0.6) is 0 Å². The molecule has 10 aromatic rings. The predicted molar refractivity (Wildman–Crippen MR) is 233 cm³/mol. The summed E-state index contributed by atoms with van der Waals surface area (Å²) in [4.78, 5) is 29.2. The maximum absolute atomic E-state index is 10.1. The van der Waals surface area contributed by atoms with Crippen molar-refractivity contribution < 1.29 is 0 Å². The standard InChI is InChI=1S/C51H30N8/c1-53-39-24-26-41-40-25-22-33(32-52)28-46(40)59(47(41)30-39)45-27-23-38(51-57-49(36-18-10-4-11-19-36)56-50(58-51)37-20-12-5-13-21-37)29-42(45)44-31-43(34-14-6-2-7-15-34)54-48(55-44)35-16-8-3-9-17-35/h2-31H. The molecule has 0 saturated carbocycles. The van der Waals surface area contributed by atoms with Gasteiger partial charge in [0.1, 0.15) is 0 Å². The second-order valence-corrected chi connectivity index (χ2v) is 14.0. The zero-order valence-electron chi connectivity index (χ0n) is 31.4. The van der Waals surface area contributed by atoms with Gasteiger partial charge in [-0.15, -0.1) is 0 Å². The molecule has 8 heteroatoms. The minimum atomic E-state index is 0.496. The van der Waals surface area contributed by atoms with Crippen LogP contribution in [0.4, 0.5) is 5.69 Å². The van der Waals surface area contributed by atoms with E-state index < -0.39 is 0 Å². The lowest BCUT2D eigenvalue weighted by Gasteiger charge is -2.17. The van der Waals surface area contributed by atoms with Gasteiger partial charge in [-0.1, -0.05) is 140 Å². The van der Waals surface area contributed by atoms with Crippen molar-refractivity contribution >= 4 is 27.5 Å². The number of nitriles is 1. The van der Waals surface area contributed by atoms with Gasteiger partial charge in [-0.3, -0.25) is 0 Å². The number of rotatable bonds is 7. The summed E-state index contributed by atoms with van der Waals surface area (Å²) < 4.78 is 2.13. The van der Waals surface area contributed by atoms with Gasteiger partial charge >= 0.3 is 0 Å². The van der Waals surface area contributed by atoms with Crippen LogP contribution in [-0.4, -0.2) is 29.5 Å². The van der Waals surface area contributed by atoms with Crippen molar-refractivity contribution in [3.63, 3.8) is 0 Å². The second kappa shape index (κ2) is 14.8. The monoisotopic (exact) mass is 754 g/mol. The second-order valence-electron chi connectivity index (χ2n) is 14.0.